The molecule has 0 atom stereocenters. The summed E-state index contributed by atoms with van der Waals surface area (Å²) < 4.78 is 24.4. The highest BCUT2D eigenvalue weighted by molar-refractivity contribution is 5.50. The molecule has 0 heterocycles. The fraction of sp³-hybridized carbons (Fsp3) is 0.533. The van der Waals surface area contributed by atoms with E-state index in [1.807, 2.05) is 24.8 Å². The van der Waals surface area contributed by atoms with E-state index >= 15 is 0 Å². The molecule has 110 valence electrons. The minimum Gasteiger partial charge on any atom is -0.380 e. The first kappa shape index (κ1) is 16.4. The Balaban J connectivity index is 2.74. The molecule has 0 bridgehead atoms. The molecule has 0 unspecified atom stereocenters. The molecule has 1 rings (SSSR count). The summed E-state index contributed by atoms with van der Waals surface area (Å²) in [6, 6.07) is 6.46. The minimum atomic E-state index is -0.497. The number of anilines is 1. The summed E-state index contributed by atoms with van der Waals surface area (Å²) in [5, 5.41) is 8.75. The summed E-state index contributed by atoms with van der Waals surface area (Å²) in [5.41, 5.74) is 0.796. The molecule has 5 heteroatoms. The molecule has 0 aliphatic rings. The Morgan fingerprint density at radius 1 is 1.15 bits per heavy atom. The van der Waals surface area contributed by atoms with Gasteiger partial charge in [0.1, 0.15) is 11.9 Å². The Hall–Kier alpha value is -1.64. The molecular weight excluding hydrogens is 259 g/mol. The fourth-order valence-electron chi connectivity index (χ4n) is 1.80. The van der Waals surface area contributed by atoms with Crippen LogP contribution >= 0.6 is 0 Å². The molecule has 4 nitrogen and oxygen atoms in total. The van der Waals surface area contributed by atoms with Crippen molar-refractivity contribution in [3.05, 3.63) is 29.6 Å². The monoisotopic (exact) mass is 280 g/mol. The number of rotatable bonds is 9. The van der Waals surface area contributed by atoms with E-state index in [2.05, 4.69) is 0 Å². The smallest absolute Gasteiger partial charge is 0.143 e. The van der Waals surface area contributed by atoms with Gasteiger partial charge in [-0.05, 0) is 32.0 Å². The predicted molar refractivity (Wildman–Crippen MR) is 76.3 cm³/mol. The summed E-state index contributed by atoms with van der Waals surface area (Å²) >= 11 is 0. The van der Waals surface area contributed by atoms with Gasteiger partial charge in [0.2, 0.25) is 0 Å². The zero-order valence-electron chi connectivity index (χ0n) is 12.1. The Morgan fingerprint density at radius 2 is 1.75 bits per heavy atom. The average molecular weight is 280 g/mol. The molecule has 0 aliphatic carbocycles. The van der Waals surface area contributed by atoms with Crippen LogP contribution in [-0.4, -0.2) is 39.5 Å². The first-order valence-electron chi connectivity index (χ1n) is 6.83. The molecule has 1 aromatic rings. The number of nitriles is 1. The second-order valence-corrected chi connectivity index (χ2v) is 4.16. The maximum Gasteiger partial charge on any atom is 0.143 e. The first-order valence-corrected chi connectivity index (χ1v) is 6.83. The fourth-order valence-corrected chi connectivity index (χ4v) is 1.80. The number of hydrogen-bond donors (Lipinski definition) is 0. The van der Waals surface area contributed by atoms with Crippen molar-refractivity contribution < 1.29 is 13.9 Å². The molecule has 0 saturated carbocycles. The third-order valence-corrected chi connectivity index (χ3v) is 2.86. The maximum absolute atomic E-state index is 13.7. The van der Waals surface area contributed by atoms with Crippen molar-refractivity contribution in [2.75, 3.05) is 44.4 Å². The van der Waals surface area contributed by atoms with Crippen LogP contribution in [0.25, 0.3) is 0 Å². The molecule has 0 spiro atoms. The lowest BCUT2D eigenvalue weighted by molar-refractivity contribution is 0.141. The highest BCUT2D eigenvalue weighted by Gasteiger charge is 2.10. The molecular formula is C15H21FN2O2. The number of nitrogens with zero attached hydrogens (tertiary/aromatic N) is 2. The summed E-state index contributed by atoms with van der Waals surface area (Å²) in [7, 11) is 0. The first-order chi connectivity index (χ1) is 9.72. The number of hydrogen-bond acceptors (Lipinski definition) is 4. The third-order valence-electron chi connectivity index (χ3n) is 2.86. The molecule has 0 amide bonds. The second-order valence-electron chi connectivity index (χ2n) is 4.16. The lowest BCUT2D eigenvalue weighted by Crippen LogP contribution is -2.31. The molecule has 0 fully saturated rings. The van der Waals surface area contributed by atoms with Crippen molar-refractivity contribution in [2.24, 2.45) is 0 Å². The number of ether oxygens (including phenoxy) is 2. The SMILES string of the molecule is CCOCCN(CCOCC)c1ccc(C#N)c(F)c1. The Labute approximate surface area is 119 Å². The molecule has 0 radical (unpaired) electrons. The largest absolute Gasteiger partial charge is 0.380 e. The Bertz CT molecular complexity index is 436. The summed E-state index contributed by atoms with van der Waals surface area (Å²) in [4.78, 5) is 2.00. The van der Waals surface area contributed by atoms with Gasteiger partial charge in [-0.2, -0.15) is 5.26 Å². The zero-order chi connectivity index (χ0) is 14.8. The molecule has 0 aliphatic heterocycles. The highest BCUT2D eigenvalue weighted by atomic mass is 19.1. The molecule has 1 aromatic carbocycles. The van der Waals surface area contributed by atoms with Gasteiger partial charge < -0.3 is 14.4 Å². The van der Waals surface area contributed by atoms with Crippen molar-refractivity contribution in [1.82, 2.24) is 0 Å². The number of halogens is 1. The van der Waals surface area contributed by atoms with E-state index in [1.165, 1.54) is 12.1 Å². The zero-order valence-corrected chi connectivity index (χ0v) is 12.1. The van der Waals surface area contributed by atoms with Crippen molar-refractivity contribution >= 4 is 5.69 Å². The average Bonchev–Trinajstić information content (AvgIpc) is 2.46. The van der Waals surface area contributed by atoms with Crippen LogP contribution in [0.15, 0.2) is 18.2 Å². The van der Waals surface area contributed by atoms with Gasteiger partial charge in [-0.1, -0.05) is 0 Å². The van der Waals surface area contributed by atoms with Crippen LogP contribution in [0.5, 0.6) is 0 Å². The minimum absolute atomic E-state index is 0.0586. The van der Waals surface area contributed by atoms with Gasteiger partial charge in [0, 0.05) is 32.0 Å². The van der Waals surface area contributed by atoms with Crippen LogP contribution in [0.3, 0.4) is 0 Å². The molecule has 20 heavy (non-hydrogen) atoms. The van der Waals surface area contributed by atoms with Crippen molar-refractivity contribution in [3.8, 4) is 6.07 Å². The van der Waals surface area contributed by atoms with Crippen LogP contribution in [0.1, 0.15) is 19.4 Å². The van der Waals surface area contributed by atoms with E-state index in [4.69, 9.17) is 14.7 Å². The lowest BCUT2D eigenvalue weighted by atomic mass is 10.2. The van der Waals surface area contributed by atoms with Gasteiger partial charge in [-0.25, -0.2) is 4.39 Å². The molecule has 0 saturated heterocycles. The van der Waals surface area contributed by atoms with Gasteiger partial charge in [-0.3, -0.25) is 0 Å². The van der Waals surface area contributed by atoms with Gasteiger partial charge in [-0.15, -0.1) is 0 Å². The summed E-state index contributed by atoms with van der Waals surface area (Å²) in [6.45, 7) is 7.65. The van der Waals surface area contributed by atoms with E-state index in [0.29, 0.717) is 39.5 Å². The quantitative estimate of drug-likeness (QED) is 0.652. The van der Waals surface area contributed by atoms with Gasteiger partial charge in [0.05, 0.1) is 18.8 Å². The van der Waals surface area contributed by atoms with E-state index in [9.17, 15) is 4.39 Å². The topological polar surface area (TPSA) is 45.5 Å². The predicted octanol–water partition coefficient (Wildman–Crippen LogP) is 2.58. The van der Waals surface area contributed by atoms with Gasteiger partial charge >= 0.3 is 0 Å². The van der Waals surface area contributed by atoms with Crippen molar-refractivity contribution in [3.63, 3.8) is 0 Å². The summed E-state index contributed by atoms with van der Waals surface area (Å²) in [6.07, 6.45) is 0. The normalized spacial score (nSPS) is 10.3. The molecule has 0 aromatic heterocycles. The maximum atomic E-state index is 13.7. The Morgan fingerprint density at radius 3 is 2.20 bits per heavy atom. The lowest BCUT2D eigenvalue weighted by Gasteiger charge is -2.24. The van der Waals surface area contributed by atoms with E-state index in [-0.39, 0.29) is 5.56 Å². The molecule has 0 N–H and O–H groups in total. The van der Waals surface area contributed by atoms with Gasteiger partial charge in [0.15, 0.2) is 0 Å². The Kier molecular flexibility index (Phi) is 7.63. The van der Waals surface area contributed by atoms with Crippen molar-refractivity contribution in [2.45, 2.75) is 13.8 Å². The standard InChI is InChI=1S/C15H21FN2O2/c1-3-19-9-7-18(8-10-20-4-2)14-6-5-13(12-17)15(16)11-14/h5-6,11H,3-4,7-10H2,1-2H3. The van der Waals surface area contributed by atoms with Crippen LogP contribution < -0.4 is 4.90 Å². The van der Waals surface area contributed by atoms with Crippen LogP contribution in [-0.2, 0) is 9.47 Å². The van der Waals surface area contributed by atoms with E-state index in [0.717, 1.165) is 5.69 Å². The van der Waals surface area contributed by atoms with Crippen molar-refractivity contribution in [1.29, 1.82) is 5.26 Å². The summed E-state index contributed by atoms with van der Waals surface area (Å²) in [5.74, 6) is -0.497. The van der Waals surface area contributed by atoms with Gasteiger partial charge in [0.25, 0.3) is 0 Å². The van der Waals surface area contributed by atoms with E-state index < -0.39 is 5.82 Å². The van der Waals surface area contributed by atoms with Crippen LogP contribution in [0, 0.1) is 17.1 Å². The third kappa shape index (κ3) is 5.16. The number of benzene rings is 1. The van der Waals surface area contributed by atoms with Crippen LogP contribution in [0.2, 0.25) is 0 Å². The highest BCUT2D eigenvalue weighted by Crippen LogP contribution is 2.18. The van der Waals surface area contributed by atoms with Crippen LogP contribution in [0.4, 0.5) is 10.1 Å². The van der Waals surface area contributed by atoms with E-state index in [1.54, 1.807) is 6.07 Å². The second kappa shape index (κ2) is 9.29.